The highest BCUT2D eigenvalue weighted by Gasteiger charge is 2.29. The van der Waals surface area contributed by atoms with E-state index in [-0.39, 0.29) is 29.3 Å². The van der Waals surface area contributed by atoms with Crippen LogP contribution in [0.3, 0.4) is 0 Å². The van der Waals surface area contributed by atoms with E-state index in [2.05, 4.69) is 13.8 Å². The second kappa shape index (κ2) is 9.77. The fraction of sp³-hybridized carbons (Fsp3) is 0.400. The monoisotopic (exact) mass is 451 g/mol. The van der Waals surface area contributed by atoms with Gasteiger partial charge in [-0.25, -0.2) is 4.98 Å². The SMILES string of the molecule is CCOc1ccc(-n2c(SCC(=O)N3[C@H](C)CCC[C@@H]3C)nc3ccccc3c2=O)cc1. The van der Waals surface area contributed by atoms with Gasteiger partial charge in [-0.05, 0) is 76.4 Å². The Kier molecular flexibility index (Phi) is 6.84. The van der Waals surface area contributed by atoms with Crippen LogP contribution in [-0.4, -0.2) is 44.8 Å². The first kappa shape index (κ1) is 22.4. The number of nitrogens with zero attached hydrogens (tertiary/aromatic N) is 3. The molecule has 168 valence electrons. The van der Waals surface area contributed by atoms with Crippen molar-refractivity contribution in [3.63, 3.8) is 0 Å². The van der Waals surface area contributed by atoms with E-state index in [1.54, 1.807) is 10.6 Å². The number of benzene rings is 2. The van der Waals surface area contributed by atoms with Gasteiger partial charge in [-0.3, -0.25) is 14.2 Å². The van der Waals surface area contributed by atoms with E-state index < -0.39 is 0 Å². The average molecular weight is 452 g/mol. The normalized spacial score (nSPS) is 18.7. The lowest BCUT2D eigenvalue weighted by Crippen LogP contribution is -2.48. The maximum atomic E-state index is 13.4. The van der Waals surface area contributed by atoms with Crippen molar-refractivity contribution < 1.29 is 9.53 Å². The summed E-state index contributed by atoms with van der Waals surface area (Å²) in [6.45, 7) is 6.74. The van der Waals surface area contributed by atoms with E-state index in [9.17, 15) is 9.59 Å². The lowest BCUT2D eigenvalue weighted by Gasteiger charge is -2.39. The van der Waals surface area contributed by atoms with Crippen LogP contribution >= 0.6 is 11.8 Å². The molecule has 0 N–H and O–H groups in total. The van der Waals surface area contributed by atoms with Gasteiger partial charge < -0.3 is 9.64 Å². The average Bonchev–Trinajstić information content (AvgIpc) is 2.79. The van der Waals surface area contributed by atoms with Gasteiger partial charge in [0.05, 0.1) is 29.0 Å². The summed E-state index contributed by atoms with van der Waals surface area (Å²) in [5.41, 5.74) is 1.19. The summed E-state index contributed by atoms with van der Waals surface area (Å²) in [5.74, 6) is 1.09. The Balaban J connectivity index is 1.69. The lowest BCUT2D eigenvalue weighted by atomic mass is 9.98. The Morgan fingerprint density at radius 1 is 1.09 bits per heavy atom. The van der Waals surface area contributed by atoms with Gasteiger partial charge in [0, 0.05) is 12.1 Å². The van der Waals surface area contributed by atoms with Crippen molar-refractivity contribution in [1.29, 1.82) is 0 Å². The van der Waals surface area contributed by atoms with E-state index >= 15 is 0 Å². The van der Waals surface area contributed by atoms with Crippen molar-refractivity contribution in [2.45, 2.75) is 57.3 Å². The molecule has 1 amide bonds. The molecular formula is C25H29N3O3S. The maximum absolute atomic E-state index is 13.4. The molecule has 3 aromatic rings. The molecule has 1 saturated heterocycles. The Hall–Kier alpha value is -2.80. The van der Waals surface area contributed by atoms with Crippen LogP contribution in [0.25, 0.3) is 16.6 Å². The molecule has 2 atom stereocenters. The number of carbonyl (C=O) groups is 1. The number of amides is 1. The van der Waals surface area contributed by atoms with E-state index in [1.165, 1.54) is 11.8 Å². The topological polar surface area (TPSA) is 64.4 Å². The molecular weight excluding hydrogens is 422 g/mol. The molecule has 2 aromatic carbocycles. The van der Waals surface area contributed by atoms with Crippen LogP contribution in [0.5, 0.6) is 5.75 Å². The number of fused-ring (bicyclic) bond motifs is 1. The van der Waals surface area contributed by atoms with Crippen molar-refractivity contribution in [2.24, 2.45) is 0 Å². The van der Waals surface area contributed by atoms with Crippen LogP contribution in [0.15, 0.2) is 58.5 Å². The molecule has 6 nitrogen and oxygen atoms in total. The highest BCUT2D eigenvalue weighted by molar-refractivity contribution is 7.99. The molecule has 0 unspecified atom stereocenters. The van der Waals surface area contributed by atoms with E-state index in [0.29, 0.717) is 28.4 Å². The van der Waals surface area contributed by atoms with Crippen molar-refractivity contribution in [3.8, 4) is 11.4 Å². The summed E-state index contributed by atoms with van der Waals surface area (Å²) in [7, 11) is 0. The second-order valence-electron chi connectivity index (χ2n) is 8.20. The highest BCUT2D eigenvalue weighted by Crippen LogP contribution is 2.26. The highest BCUT2D eigenvalue weighted by atomic mass is 32.2. The summed E-state index contributed by atoms with van der Waals surface area (Å²) in [4.78, 5) is 33.2. The van der Waals surface area contributed by atoms with Crippen molar-refractivity contribution in [2.75, 3.05) is 12.4 Å². The Morgan fingerprint density at radius 3 is 2.47 bits per heavy atom. The number of ether oxygens (including phenoxy) is 1. The van der Waals surface area contributed by atoms with Gasteiger partial charge in [0.25, 0.3) is 5.56 Å². The standard InChI is InChI=1S/C25H29N3O3S/c1-4-31-20-14-12-19(13-15-20)28-24(30)21-10-5-6-11-22(21)26-25(28)32-16-23(29)27-17(2)8-7-9-18(27)3/h5-6,10-15,17-18H,4,7-9,16H2,1-3H3/t17-,18+. The van der Waals surface area contributed by atoms with E-state index in [1.807, 2.05) is 54.3 Å². The molecule has 7 heteroatoms. The van der Waals surface area contributed by atoms with Crippen LogP contribution in [0.4, 0.5) is 0 Å². The summed E-state index contributed by atoms with van der Waals surface area (Å²) < 4.78 is 7.13. The van der Waals surface area contributed by atoms with Gasteiger partial charge in [0.1, 0.15) is 5.75 Å². The van der Waals surface area contributed by atoms with Crippen molar-refractivity contribution >= 4 is 28.6 Å². The van der Waals surface area contributed by atoms with Crippen molar-refractivity contribution in [1.82, 2.24) is 14.5 Å². The molecule has 0 bridgehead atoms. The van der Waals surface area contributed by atoms with Gasteiger partial charge >= 0.3 is 0 Å². The van der Waals surface area contributed by atoms with Crippen LogP contribution < -0.4 is 10.3 Å². The van der Waals surface area contributed by atoms with Gasteiger partial charge in [0.2, 0.25) is 5.91 Å². The molecule has 2 heterocycles. The zero-order valence-electron chi connectivity index (χ0n) is 18.8. The first-order valence-corrected chi connectivity index (χ1v) is 12.2. The molecule has 0 spiro atoms. The van der Waals surface area contributed by atoms with Crippen LogP contribution in [0.1, 0.15) is 40.0 Å². The summed E-state index contributed by atoms with van der Waals surface area (Å²) >= 11 is 1.32. The third-order valence-corrected chi connectivity index (χ3v) is 6.88. The lowest BCUT2D eigenvalue weighted by molar-refractivity contribution is -0.134. The number of rotatable bonds is 6. The Bertz CT molecular complexity index is 1150. The molecule has 32 heavy (non-hydrogen) atoms. The molecule has 1 fully saturated rings. The molecule has 4 rings (SSSR count). The number of aromatic nitrogens is 2. The number of hydrogen-bond donors (Lipinski definition) is 0. The molecule has 1 aliphatic rings. The van der Waals surface area contributed by atoms with Gasteiger partial charge in [0.15, 0.2) is 5.16 Å². The van der Waals surface area contributed by atoms with Gasteiger partial charge in [-0.1, -0.05) is 23.9 Å². The quantitative estimate of drug-likeness (QED) is 0.403. The minimum absolute atomic E-state index is 0.0929. The minimum atomic E-state index is -0.144. The van der Waals surface area contributed by atoms with Crippen LogP contribution in [0.2, 0.25) is 0 Å². The van der Waals surface area contributed by atoms with Crippen LogP contribution in [-0.2, 0) is 4.79 Å². The molecule has 0 saturated carbocycles. The molecule has 0 aliphatic carbocycles. The Morgan fingerprint density at radius 2 is 1.78 bits per heavy atom. The first-order chi connectivity index (χ1) is 15.5. The number of thioether (sulfide) groups is 1. The van der Waals surface area contributed by atoms with Gasteiger partial charge in [-0.15, -0.1) is 0 Å². The third kappa shape index (κ3) is 4.53. The molecule has 1 aromatic heterocycles. The number of carbonyl (C=O) groups excluding carboxylic acids is 1. The fourth-order valence-corrected chi connectivity index (χ4v) is 5.29. The summed E-state index contributed by atoms with van der Waals surface area (Å²) in [6.07, 6.45) is 3.22. The largest absolute Gasteiger partial charge is 0.494 e. The Labute approximate surface area is 192 Å². The third-order valence-electron chi connectivity index (χ3n) is 5.96. The summed E-state index contributed by atoms with van der Waals surface area (Å²) in [5, 5.41) is 1.07. The zero-order chi connectivity index (χ0) is 22.7. The molecule has 1 aliphatic heterocycles. The molecule has 0 radical (unpaired) electrons. The van der Waals surface area contributed by atoms with Gasteiger partial charge in [-0.2, -0.15) is 0 Å². The number of piperidine rings is 1. The fourth-order valence-electron chi connectivity index (χ4n) is 4.41. The first-order valence-electron chi connectivity index (χ1n) is 11.2. The van der Waals surface area contributed by atoms with Crippen LogP contribution in [0, 0.1) is 0 Å². The zero-order valence-corrected chi connectivity index (χ0v) is 19.6. The number of hydrogen-bond acceptors (Lipinski definition) is 5. The summed E-state index contributed by atoms with van der Waals surface area (Å²) in [6, 6.07) is 15.2. The van der Waals surface area contributed by atoms with Crippen molar-refractivity contribution in [3.05, 3.63) is 58.9 Å². The van der Waals surface area contributed by atoms with E-state index in [0.717, 1.165) is 25.0 Å². The number of likely N-dealkylation sites (tertiary alicyclic amines) is 1. The minimum Gasteiger partial charge on any atom is -0.494 e. The predicted molar refractivity (Wildman–Crippen MR) is 129 cm³/mol. The smallest absolute Gasteiger partial charge is 0.266 e. The second-order valence-corrected chi connectivity index (χ2v) is 9.14. The number of para-hydroxylation sites is 1. The maximum Gasteiger partial charge on any atom is 0.266 e. The predicted octanol–water partition coefficient (Wildman–Crippen LogP) is 4.67. The van der Waals surface area contributed by atoms with E-state index in [4.69, 9.17) is 9.72 Å².